The van der Waals surface area contributed by atoms with Crippen molar-refractivity contribution in [3.63, 3.8) is 0 Å². The molecule has 0 aliphatic carbocycles. The van der Waals surface area contributed by atoms with Crippen LogP contribution in [-0.2, 0) is 9.53 Å². The first kappa shape index (κ1) is 19.9. The van der Waals surface area contributed by atoms with Gasteiger partial charge in [0.05, 0.1) is 18.9 Å². The highest BCUT2D eigenvalue weighted by atomic mass is 16.5. The Morgan fingerprint density at radius 1 is 1.11 bits per heavy atom. The molecule has 0 spiro atoms. The minimum atomic E-state index is -0.288. The van der Waals surface area contributed by atoms with E-state index in [2.05, 4.69) is 33.6 Å². The number of amides is 1. The van der Waals surface area contributed by atoms with E-state index in [9.17, 15) is 4.79 Å². The van der Waals surface area contributed by atoms with E-state index in [1.165, 1.54) is 5.69 Å². The molecule has 1 saturated heterocycles. The first-order valence-electron chi connectivity index (χ1n) is 9.48. The zero-order valence-electron chi connectivity index (χ0n) is 16.7. The Labute approximate surface area is 166 Å². The van der Waals surface area contributed by atoms with E-state index in [1.807, 2.05) is 45.0 Å². The van der Waals surface area contributed by atoms with Crippen molar-refractivity contribution in [2.45, 2.75) is 20.8 Å². The second-order valence-electron chi connectivity index (χ2n) is 6.99. The third kappa shape index (κ3) is 5.57. The lowest BCUT2D eigenvalue weighted by atomic mass is 10.1. The largest absolute Gasteiger partial charge is 0.484 e. The smallest absolute Gasteiger partial charge is 0.277 e. The monoisotopic (exact) mass is 381 g/mol. The fraction of sp³-hybridized carbons (Fsp3) is 0.364. The number of aryl methyl sites for hydroxylation is 2. The van der Waals surface area contributed by atoms with Gasteiger partial charge >= 0.3 is 0 Å². The fourth-order valence-electron chi connectivity index (χ4n) is 3.14. The Morgan fingerprint density at radius 2 is 1.75 bits per heavy atom. The van der Waals surface area contributed by atoms with Crippen molar-refractivity contribution >= 4 is 17.3 Å². The van der Waals surface area contributed by atoms with E-state index in [1.54, 1.807) is 0 Å². The minimum absolute atomic E-state index is 0.0738. The van der Waals surface area contributed by atoms with Crippen molar-refractivity contribution in [3.8, 4) is 5.75 Å². The normalized spacial score (nSPS) is 14.7. The molecule has 1 amide bonds. The maximum atomic E-state index is 12.0. The maximum Gasteiger partial charge on any atom is 0.277 e. The summed E-state index contributed by atoms with van der Waals surface area (Å²) in [5.74, 6) is 0.399. The molecule has 1 heterocycles. The number of nitrogens with one attached hydrogen (secondary N) is 1. The summed E-state index contributed by atoms with van der Waals surface area (Å²) in [5.41, 5.74) is 7.64. The van der Waals surface area contributed by atoms with Gasteiger partial charge in [0.25, 0.3) is 5.91 Å². The van der Waals surface area contributed by atoms with Crippen LogP contribution in [0.3, 0.4) is 0 Å². The zero-order valence-corrected chi connectivity index (χ0v) is 16.7. The Balaban J connectivity index is 1.52. The van der Waals surface area contributed by atoms with Gasteiger partial charge in [-0.2, -0.15) is 5.10 Å². The highest BCUT2D eigenvalue weighted by Gasteiger charge is 2.11. The molecule has 0 bridgehead atoms. The average Bonchev–Trinajstić information content (AvgIpc) is 2.70. The van der Waals surface area contributed by atoms with Crippen LogP contribution >= 0.6 is 0 Å². The van der Waals surface area contributed by atoms with Crippen molar-refractivity contribution in [2.75, 3.05) is 37.8 Å². The van der Waals surface area contributed by atoms with Gasteiger partial charge in [-0.25, -0.2) is 5.43 Å². The number of ether oxygens (including phenoxy) is 2. The number of anilines is 1. The van der Waals surface area contributed by atoms with Crippen LogP contribution in [0, 0.1) is 13.8 Å². The molecular weight excluding hydrogens is 354 g/mol. The molecule has 148 valence electrons. The first-order chi connectivity index (χ1) is 13.5. The summed E-state index contributed by atoms with van der Waals surface area (Å²) in [7, 11) is 0. The van der Waals surface area contributed by atoms with Crippen molar-refractivity contribution in [3.05, 3.63) is 59.2 Å². The van der Waals surface area contributed by atoms with Crippen LogP contribution in [0.4, 0.5) is 5.69 Å². The first-order valence-corrected chi connectivity index (χ1v) is 9.48. The summed E-state index contributed by atoms with van der Waals surface area (Å²) in [6.45, 7) is 9.13. The molecule has 0 aromatic heterocycles. The number of hydrogen-bond acceptors (Lipinski definition) is 5. The molecule has 0 unspecified atom stereocenters. The van der Waals surface area contributed by atoms with Gasteiger partial charge in [0.2, 0.25) is 0 Å². The molecule has 0 saturated carbocycles. The molecule has 1 aliphatic heterocycles. The lowest BCUT2D eigenvalue weighted by Gasteiger charge is -2.28. The lowest BCUT2D eigenvalue weighted by molar-refractivity contribution is -0.123. The highest BCUT2D eigenvalue weighted by Crippen LogP contribution is 2.17. The number of nitrogens with zero attached hydrogens (tertiary/aromatic N) is 2. The predicted molar refractivity (Wildman–Crippen MR) is 111 cm³/mol. The number of carbonyl (C=O) groups is 1. The van der Waals surface area contributed by atoms with Gasteiger partial charge in [-0.3, -0.25) is 4.79 Å². The van der Waals surface area contributed by atoms with Gasteiger partial charge in [0, 0.05) is 18.8 Å². The Hall–Kier alpha value is -2.86. The molecule has 3 rings (SSSR count). The van der Waals surface area contributed by atoms with Gasteiger partial charge in [-0.15, -0.1) is 0 Å². The molecular formula is C22H27N3O3. The third-order valence-electron chi connectivity index (χ3n) is 4.57. The summed E-state index contributed by atoms with van der Waals surface area (Å²) in [6, 6.07) is 14.1. The number of hydrazone groups is 1. The van der Waals surface area contributed by atoms with E-state index in [-0.39, 0.29) is 12.5 Å². The zero-order chi connectivity index (χ0) is 19.9. The van der Waals surface area contributed by atoms with Crippen LogP contribution < -0.4 is 15.1 Å². The van der Waals surface area contributed by atoms with E-state index >= 15 is 0 Å². The number of hydrogen-bond donors (Lipinski definition) is 1. The molecule has 2 aromatic carbocycles. The maximum absolute atomic E-state index is 12.0. The number of rotatable bonds is 6. The molecule has 6 nitrogen and oxygen atoms in total. The SMILES string of the molecule is C/C(=N\NC(=O)COc1cc(C)cc(C)c1)c1ccc(N2CCOCC2)cc1. The highest BCUT2D eigenvalue weighted by molar-refractivity contribution is 5.99. The minimum Gasteiger partial charge on any atom is -0.484 e. The van der Waals surface area contributed by atoms with Crippen LogP contribution in [-0.4, -0.2) is 44.5 Å². The van der Waals surface area contributed by atoms with Crippen molar-refractivity contribution in [1.82, 2.24) is 5.43 Å². The van der Waals surface area contributed by atoms with Crippen LogP contribution in [0.2, 0.25) is 0 Å². The van der Waals surface area contributed by atoms with Crippen LogP contribution in [0.15, 0.2) is 47.6 Å². The summed E-state index contributed by atoms with van der Waals surface area (Å²) in [5, 5.41) is 4.19. The Kier molecular flexibility index (Phi) is 6.66. The van der Waals surface area contributed by atoms with Crippen LogP contribution in [0.25, 0.3) is 0 Å². The van der Waals surface area contributed by atoms with E-state index in [0.29, 0.717) is 5.75 Å². The number of morpholine rings is 1. The van der Waals surface area contributed by atoms with Crippen molar-refractivity contribution in [2.24, 2.45) is 5.10 Å². The second-order valence-corrected chi connectivity index (χ2v) is 6.99. The number of benzene rings is 2. The third-order valence-corrected chi connectivity index (χ3v) is 4.57. The van der Waals surface area contributed by atoms with E-state index in [4.69, 9.17) is 9.47 Å². The molecule has 1 aliphatic rings. The molecule has 0 atom stereocenters. The number of carbonyl (C=O) groups excluding carboxylic acids is 1. The summed E-state index contributed by atoms with van der Waals surface area (Å²) < 4.78 is 10.9. The summed E-state index contributed by atoms with van der Waals surface area (Å²) in [6.07, 6.45) is 0. The van der Waals surface area contributed by atoms with Gasteiger partial charge in [0.15, 0.2) is 6.61 Å². The summed E-state index contributed by atoms with van der Waals surface area (Å²) in [4.78, 5) is 14.3. The summed E-state index contributed by atoms with van der Waals surface area (Å²) >= 11 is 0. The Morgan fingerprint density at radius 3 is 2.39 bits per heavy atom. The fourth-order valence-corrected chi connectivity index (χ4v) is 3.14. The second kappa shape index (κ2) is 9.37. The van der Waals surface area contributed by atoms with E-state index in [0.717, 1.165) is 48.7 Å². The molecule has 28 heavy (non-hydrogen) atoms. The molecule has 6 heteroatoms. The predicted octanol–water partition coefficient (Wildman–Crippen LogP) is 3.06. The molecule has 1 N–H and O–H groups in total. The van der Waals surface area contributed by atoms with Gasteiger partial charge in [-0.05, 0) is 61.7 Å². The quantitative estimate of drug-likeness (QED) is 0.617. The van der Waals surface area contributed by atoms with Crippen LogP contribution in [0.1, 0.15) is 23.6 Å². The van der Waals surface area contributed by atoms with Gasteiger partial charge in [0.1, 0.15) is 5.75 Å². The lowest BCUT2D eigenvalue weighted by Crippen LogP contribution is -2.36. The van der Waals surface area contributed by atoms with Crippen LogP contribution in [0.5, 0.6) is 5.75 Å². The van der Waals surface area contributed by atoms with Crippen molar-refractivity contribution < 1.29 is 14.3 Å². The molecule has 0 radical (unpaired) electrons. The van der Waals surface area contributed by atoms with Gasteiger partial charge < -0.3 is 14.4 Å². The van der Waals surface area contributed by atoms with Gasteiger partial charge in [-0.1, -0.05) is 18.2 Å². The Bertz CT molecular complexity index is 820. The molecule has 1 fully saturated rings. The standard InChI is InChI=1S/C22H27N3O3/c1-16-12-17(2)14-21(13-16)28-15-22(26)24-23-18(3)19-4-6-20(7-5-19)25-8-10-27-11-9-25/h4-7,12-14H,8-11,15H2,1-3H3,(H,24,26)/b23-18+. The van der Waals surface area contributed by atoms with E-state index < -0.39 is 0 Å². The topological polar surface area (TPSA) is 63.2 Å². The molecule has 2 aromatic rings. The average molecular weight is 381 g/mol. The van der Waals surface area contributed by atoms with Crippen molar-refractivity contribution in [1.29, 1.82) is 0 Å².